The van der Waals surface area contributed by atoms with Gasteiger partial charge in [-0.3, -0.25) is 0 Å². The van der Waals surface area contributed by atoms with Crippen LogP contribution in [0.3, 0.4) is 0 Å². The van der Waals surface area contributed by atoms with E-state index in [1.807, 2.05) is 20.8 Å². The van der Waals surface area contributed by atoms with E-state index in [-0.39, 0.29) is 12.1 Å². The molecule has 0 aliphatic heterocycles. The predicted octanol–water partition coefficient (Wildman–Crippen LogP) is 1.08. The molecule has 0 aromatic rings. The van der Waals surface area contributed by atoms with Gasteiger partial charge in [-0.1, -0.05) is 6.92 Å². The van der Waals surface area contributed by atoms with Gasteiger partial charge in [0.05, 0.1) is 0 Å². The summed E-state index contributed by atoms with van der Waals surface area (Å²) in [4.78, 5) is 11.5. The standard InChI is InChI=1S/C13H27N3O2/c1-9-5-10(9)7-15-11(6-14)8-16-12(17)18-13(2,3)4/h9-11,15H,5-8,14H2,1-4H3,(H,16,17). The van der Waals surface area contributed by atoms with E-state index in [0.717, 1.165) is 18.4 Å². The molecule has 0 saturated heterocycles. The molecule has 1 amide bonds. The van der Waals surface area contributed by atoms with Gasteiger partial charge in [-0.2, -0.15) is 0 Å². The molecular formula is C13H27N3O2. The van der Waals surface area contributed by atoms with Crippen molar-refractivity contribution in [2.75, 3.05) is 19.6 Å². The fourth-order valence-electron chi connectivity index (χ4n) is 1.76. The lowest BCUT2D eigenvalue weighted by Crippen LogP contribution is -2.47. The number of hydrogen-bond acceptors (Lipinski definition) is 4. The number of rotatable bonds is 6. The molecule has 0 bridgehead atoms. The van der Waals surface area contributed by atoms with Gasteiger partial charge in [0.2, 0.25) is 0 Å². The summed E-state index contributed by atoms with van der Waals surface area (Å²) in [6.45, 7) is 9.80. The van der Waals surface area contributed by atoms with Crippen molar-refractivity contribution in [3.63, 3.8) is 0 Å². The molecule has 1 saturated carbocycles. The lowest BCUT2D eigenvalue weighted by Gasteiger charge is -2.22. The van der Waals surface area contributed by atoms with E-state index in [1.165, 1.54) is 6.42 Å². The summed E-state index contributed by atoms with van der Waals surface area (Å²) in [5.41, 5.74) is 5.21. The Morgan fingerprint density at radius 1 is 1.50 bits per heavy atom. The van der Waals surface area contributed by atoms with Crippen molar-refractivity contribution in [3.8, 4) is 0 Å². The van der Waals surface area contributed by atoms with Gasteiger partial charge in [-0.25, -0.2) is 4.79 Å². The Kier molecular flexibility index (Phi) is 5.41. The zero-order valence-electron chi connectivity index (χ0n) is 12.0. The molecule has 0 spiro atoms. The highest BCUT2D eigenvalue weighted by Gasteiger charge is 2.32. The third-order valence-corrected chi connectivity index (χ3v) is 3.12. The molecule has 0 heterocycles. The van der Waals surface area contributed by atoms with Crippen LogP contribution in [0.1, 0.15) is 34.1 Å². The Labute approximate surface area is 110 Å². The first-order valence-corrected chi connectivity index (χ1v) is 6.72. The third-order valence-electron chi connectivity index (χ3n) is 3.12. The SMILES string of the molecule is CC1CC1CNC(CN)CNC(=O)OC(C)(C)C. The van der Waals surface area contributed by atoms with Crippen LogP contribution >= 0.6 is 0 Å². The minimum Gasteiger partial charge on any atom is -0.444 e. The van der Waals surface area contributed by atoms with E-state index < -0.39 is 5.60 Å². The normalized spacial score (nSPS) is 24.5. The van der Waals surface area contributed by atoms with Crippen molar-refractivity contribution in [1.29, 1.82) is 0 Å². The monoisotopic (exact) mass is 257 g/mol. The maximum absolute atomic E-state index is 11.5. The van der Waals surface area contributed by atoms with Crippen LogP contribution in [0.25, 0.3) is 0 Å². The van der Waals surface area contributed by atoms with E-state index in [1.54, 1.807) is 0 Å². The summed E-state index contributed by atoms with van der Waals surface area (Å²) in [5.74, 6) is 1.61. The van der Waals surface area contributed by atoms with Crippen molar-refractivity contribution in [3.05, 3.63) is 0 Å². The topological polar surface area (TPSA) is 76.4 Å². The number of alkyl carbamates (subject to hydrolysis) is 1. The molecule has 1 rings (SSSR count). The highest BCUT2D eigenvalue weighted by atomic mass is 16.6. The Balaban J connectivity index is 2.16. The summed E-state index contributed by atoms with van der Waals surface area (Å²) < 4.78 is 5.17. The van der Waals surface area contributed by atoms with Crippen molar-refractivity contribution in [2.45, 2.75) is 45.8 Å². The highest BCUT2D eigenvalue weighted by molar-refractivity contribution is 5.67. The van der Waals surface area contributed by atoms with Crippen molar-refractivity contribution in [2.24, 2.45) is 17.6 Å². The Bertz CT molecular complexity index is 276. The van der Waals surface area contributed by atoms with Gasteiger partial charge in [0.25, 0.3) is 0 Å². The molecule has 5 heteroatoms. The molecule has 0 aromatic heterocycles. The van der Waals surface area contributed by atoms with E-state index in [4.69, 9.17) is 10.5 Å². The van der Waals surface area contributed by atoms with Crippen molar-refractivity contribution >= 4 is 6.09 Å². The second-order valence-corrected chi connectivity index (χ2v) is 6.20. The molecule has 0 aromatic carbocycles. The Morgan fingerprint density at radius 2 is 2.11 bits per heavy atom. The number of hydrogen-bond donors (Lipinski definition) is 3. The molecular weight excluding hydrogens is 230 g/mol. The number of carbonyl (C=O) groups is 1. The average Bonchev–Trinajstić information content (AvgIpc) is 2.92. The number of nitrogens with two attached hydrogens (primary N) is 1. The van der Waals surface area contributed by atoms with Gasteiger partial charge in [-0.05, 0) is 45.6 Å². The minimum absolute atomic E-state index is 0.116. The number of amides is 1. The molecule has 106 valence electrons. The van der Waals surface area contributed by atoms with E-state index in [9.17, 15) is 4.79 Å². The van der Waals surface area contributed by atoms with Crippen LogP contribution in [0, 0.1) is 11.8 Å². The molecule has 0 radical (unpaired) electrons. The molecule has 1 aliphatic carbocycles. The van der Waals surface area contributed by atoms with Crippen LogP contribution in [0.2, 0.25) is 0 Å². The fourth-order valence-corrected chi connectivity index (χ4v) is 1.76. The molecule has 1 aliphatic rings. The van der Waals surface area contributed by atoms with Crippen molar-refractivity contribution < 1.29 is 9.53 Å². The van der Waals surface area contributed by atoms with Crippen LogP contribution in [-0.4, -0.2) is 37.4 Å². The quantitative estimate of drug-likeness (QED) is 0.665. The largest absolute Gasteiger partial charge is 0.444 e. The van der Waals surface area contributed by atoms with Gasteiger partial charge in [0.1, 0.15) is 5.60 Å². The van der Waals surface area contributed by atoms with E-state index in [2.05, 4.69) is 17.6 Å². The zero-order chi connectivity index (χ0) is 13.8. The molecule has 5 nitrogen and oxygen atoms in total. The molecule has 1 fully saturated rings. The van der Waals surface area contributed by atoms with E-state index in [0.29, 0.717) is 13.1 Å². The predicted molar refractivity (Wildman–Crippen MR) is 72.4 cm³/mol. The first kappa shape index (κ1) is 15.2. The van der Waals surface area contributed by atoms with E-state index >= 15 is 0 Å². The Hall–Kier alpha value is -0.810. The first-order chi connectivity index (χ1) is 8.31. The van der Waals surface area contributed by atoms with Gasteiger partial charge in [-0.15, -0.1) is 0 Å². The maximum Gasteiger partial charge on any atom is 0.407 e. The van der Waals surface area contributed by atoms with Crippen LogP contribution in [-0.2, 0) is 4.74 Å². The van der Waals surface area contributed by atoms with Gasteiger partial charge < -0.3 is 21.1 Å². The molecule has 18 heavy (non-hydrogen) atoms. The van der Waals surface area contributed by atoms with Gasteiger partial charge in [0.15, 0.2) is 0 Å². The van der Waals surface area contributed by atoms with Crippen LogP contribution in [0.5, 0.6) is 0 Å². The second-order valence-electron chi connectivity index (χ2n) is 6.20. The van der Waals surface area contributed by atoms with Gasteiger partial charge >= 0.3 is 6.09 Å². The fraction of sp³-hybridized carbons (Fsp3) is 0.923. The minimum atomic E-state index is -0.459. The number of ether oxygens (including phenoxy) is 1. The summed E-state index contributed by atoms with van der Waals surface area (Å²) in [7, 11) is 0. The second kappa shape index (κ2) is 6.38. The summed E-state index contributed by atoms with van der Waals surface area (Å²) in [6, 6.07) is 0.116. The van der Waals surface area contributed by atoms with Crippen LogP contribution in [0.15, 0.2) is 0 Å². The van der Waals surface area contributed by atoms with Crippen LogP contribution in [0.4, 0.5) is 4.79 Å². The number of nitrogens with one attached hydrogen (secondary N) is 2. The van der Waals surface area contributed by atoms with Gasteiger partial charge in [0, 0.05) is 19.1 Å². The lowest BCUT2D eigenvalue weighted by molar-refractivity contribution is 0.0523. The molecule has 3 atom stereocenters. The van der Waals surface area contributed by atoms with Crippen LogP contribution < -0.4 is 16.4 Å². The molecule has 4 N–H and O–H groups in total. The smallest absolute Gasteiger partial charge is 0.407 e. The Morgan fingerprint density at radius 3 is 2.56 bits per heavy atom. The first-order valence-electron chi connectivity index (χ1n) is 6.72. The zero-order valence-corrected chi connectivity index (χ0v) is 12.0. The number of carbonyl (C=O) groups excluding carboxylic acids is 1. The summed E-state index contributed by atoms with van der Waals surface area (Å²) >= 11 is 0. The summed E-state index contributed by atoms with van der Waals surface area (Å²) in [6.07, 6.45) is 0.909. The summed E-state index contributed by atoms with van der Waals surface area (Å²) in [5, 5.41) is 6.13. The van der Waals surface area contributed by atoms with Crippen molar-refractivity contribution in [1.82, 2.24) is 10.6 Å². The third kappa shape index (κ3) is 6.21. The highest BCUT2D eigenvalue weighted by Crippen LogP contribution is 2.36. The lowest BCUT2D eigenvalue weighted by atomic mass is 10.2. The molecule has 3 unspecified atom stereocenters. The average molecular weight is 257 g/mol. The maximum atomic E-state index is 11.5.